The summed E-state index contributed by atoms with van der Waals surface area (Å²) in [6.07, 6.45) is 7.76. The van der Waals surface area contributed by atoms with Crippen LogP contribution in [-0.4, -0.2) is 29.8 Å². The topological polar surface area (TPSA) is 56.5 Å². The fraction of sp³-hybridized carbons (Fsp3) is 0.550. The number of hydrogen-bond acceptors (Lipinski definition) is 5. The second kappa shape index (κ2) is 7.18. The van der Waals surface area contributed by atoms with Gasteiger partial charge in [0.1, 0.15) is 12.0 Å². The molecule has 0 amide bonds. The van der Waals surface area contributed by atoms with Crippen molar-refractivity contribution in [3.63, 3.8) is 0 Å². The number of hydrogen-bond donors (Lipinski definition) is 1. The van der Waals surface area contributed by atoms with Crippen molar-refractivity contribution in [2.24, 2.45) is 0 Å². The van der Waals surface area contributed by atoms with E-state index >= 15 is 0 Å². The van der Waals surface area contributed by atoms with Crippen LogP contribution in [-0.2, 0) is 11.3 Å². The molecule has 2 aliphatic rings. The summed E-state index contributed by atoms with van der Waals surface area (Å²) in [7, 11) is 0. The maximum absolute atomic E-state index is 6.09. The summed E-state index contributed by atoms with van der Waals surface area (Å²) in [5, 5.41) is 3.65. The molecule has 1 N–H and O–H groups in total. The van der Waals surface area contributed by atoms with Crippen molar-refractivity contribution < 1.29 is 13.9 Å². The van der Waals surface area contributed by atoms with Gasteiger partial charge in [-0.2, -0.15) is 0 Å². The van der Waals surface area contributed by atoms with Gasteiger partial charge in [-0.15, -0.1) is 0 Å². The Bertz CT molecular complexity index is 684. The fourth-order valence-corrected chi connectivity index (χ4v) is 4.11. The van der Waals surface area contributed by atoms with Crippen LogP contribution in [0.25, 0.3) is 11.5 Å². The van der Waals surface area contributed by atoms with E-state index in [4.69, 9.17) is 13.9 Å². The van der Waals surface area contributed by atoms with Gasteiger partial charge in [-0.3, -0.25) is 0 Å². The summed E-state index contributed by atoms with van der Waals surface area (Å²) in [4.78, 5) is 4.62. The molecule has 0 radical (unpaired) electrons. The van der Waals surface area contributed by atoms with Gasteiger partial charge in [0.15, 0.2) is 0 Å². The van der Waals surface area contributed by atoms with Crippen LogP contribution in [0.3, 0.4) is 0 Å². The number of ether oxygens (including phenoxy) is 2. The predicted octanol–water partition coefficient (Wildman–Crippen LogP) is 3.93. The Balaban J connectivity index is 1.38. The van der Waals surface area contributed by atoms with E-state index in [0.717, 1.165) is 36.6 Å². The third kappa shape index (κ3) is 3.44. The SMILES string of the molecule is CCOc1ccc(-c2nc(CN[C@H]3CCOC34CCCC4)co2)cc1. The summed E-state index contributed by atoms with van der Waals surface area (Å²) in [5.74, 6) is 1.51. The highest BCUT2D eigenvalue weighted by atomic mass is 16.5. The van der Waals surface area contributed by atoms with Gasteiger partial charge in [0, 0.05) is 24.8 Å². The first-order valence-electron chi connectivity index (χ1n) is 9.34. The number of rotatable bonds is 6. The van der Waals surface area contributed by atoms with Crippen LogP contribution in [0.5, 0.6) is 5.75 Å². The Morgan fingerprint density at radius 1 is 1.24 bits per heavy atom. The molecule has 1 saturated heterocycles. The van der Waals surface area contributed by atoms with Gasteiger partial charge in [-0.1, -0.05) is 12.8 Å². The second-order valence-corrected chi connectivity index (χ2v) is 6.94. The van der Waals surface area contributed by atoms with Crippen LogP contribution in [0.15, 0.2) is 34.9 Å². The molecule has 134 valence electrons. The summed E-state index contributed by atoms with van der Waals surface area (Å²) < 4.78 is 17.2. The highest BCUT2D eigenvalue weighted by molar-refractivity contribution is 5.54. The minimum absolute atomic E-state index is 0.0711. The van der Waals surface area contributed by atoms with Gasteiger partial charge in [0.2, 0.25) is 5.89 Å². The molecule has 1 aliphatic heterocycles. The third-order valence-electron chi connectivity index (χ3n) is 5.37. The quantitative estimate of drug-likeness (QED) is 0.862. The lowest BCUT2D eigenvalue weighted by molar-refractivity contribution is -0.00489. The van der Waals surface area contributed by atoms with E-state index < -0.39 is 0 Å². The number of nitrogens with one attached hydrogen (secondary N) is 1. The van der Waals surface area contributed by atoms with Crippen LogP contribution in [0, 0.1) is 0 Å². The molecule has 0 unspecified atom stereocenters. The van der Waals surface area contributed by atoms with Crippen molar-refractivity contribution in [2.45, 2.75) is 57.2 Å². The number of benzene rings is 1. The minimum Gasteiger partial charge on any atom is -0.494 e. The first kappa shape index (κ1) is 16.6. The zero-order chi connectivity index (χ0) is 17.1. The smallest absolute Gasteiger partial charge is 0.226 e. The van der Waals surface area contributed by atoms with Crippen molar-refractivity contribution in [3.8, 4) is 17.2 Å². The first-order valence-corrected chi connectivity index (χ1v) is 9.34. The van der Waals surface area contributed by atoms with Crippen molar-refractivity contribution in [1.29, 1.82) is 0 Å². The summed E-state index contributed by atoms with van der Waals surface area (Å²) in [6.45, 7) is 4.23. The molecule has 0 bridgehead atoms. The molecular formula is C20H26N2O3. The van der Waals surface area contributed by atoms with Crippen molar-refractivity contribution >= 4 is 0 Å². The van der Waals surface area contributed by atoms with Crippen molar-refractivity contribution in [1.82, 2.24) is 10.3 Å². The largest absolute Gasteiger partial charge is 0.494 e. The molecule has 25 heavy (non-hydrogen) atoms. The minimum atomic E-state index is 0.0711. The predicted molar refractivity (Wildman–Crippen MR) is 95.5 cm³/mol. The lowest BCUT2D eigenvalue weighted by Gasteiger charge is -2.30. The maximum Gasteiger partial charge on any atom is 0.226 e. The number of oxazole rings is 1. The van der Waals surface area contributed by atoms with Crippen LogP contribution in [0.2, 0.25) is 0 Å². The molecule has 2 aromatic rings. The maximum atomic E-state index is 6.09. The van der Waals surface area contributed by atoms with Crippen LogP contribution in [0.1, 0.15) is 44.7 Å². The molecule has 5 nitrogen and oxygen atoms in total. The van der Waals surface area contributed by atoms with E-state index in [9.17, 15) is 0 Å². The first-order chi connectivity index (χ1) is 12.3. The lowest BCUT2D eigenvalue weighted by Crippen LogP contribution is -2.45. The van der Waals surface area contributed by atoms with Gasteiger partial charge in [-0.25, -0.2) is 4.98 Å². The second-order valence-electron chi connectivity index (χ2n) is 6.94. The molecule has 1 saturated carbocycles. The van der Waals surface area contributed by atoms with Crippen molar-refractivity contribution in [3.05, 3.63) is 36.2 Å². The lowest BCUT2D eigenvalue weighted by atomic mass is 9.92. The average molecular weight is 342 g/mol. The molecule has 1 atom stereocenters. The molecule has 1 aromatic carbocycles. The normalized spacial score (nSPS) is 21.9. The zero-order valence-corrected chi connectivity index (χ0v) is 14.8. The van der Waals surface area contributed by atoms with E-state index in [1.807, 2.05) is 31.2 Å². The molecule has 1 aromatic heterocycles. The van der Waals surface area contributed by atoms with Gasteiger partial charge >= 0.3 is 0 Å². The summed E-state index contributed by atoms with van der Waals surface area (Å²) in [5.41, 5.74) is 1.97. The highest BCUT2D eigenvalue weighted by Gasteiger charge is 2.45. The van der Waals surface area contributed by atoms with E-state index in [2.05, 4.69) is 10.3 Å². The molecule has 5 heteroatoms. The zero-order valence-electron chi connectivity index (χ0n) is 14.8. The van der Waals surface area contributed by atoms with E-state index in [1.165, 1.54) is 25.7 Å². The standard InChI is InChI=1S/C20H26N2O3/c1-2-23-17-7-5-15(6-8-17)19-22-16(14-24-19)13-21-18-9-12-25-20(18)10-3-4-11-20/h5-8,14,18,21H,2-4,9-13H2,1H3/t18-/m0/s1. The van der Waals surface area contributed by atoms with Gasteiger partial charge < -0.3 is 19.2 Å². The van der Waals surface area contributed by atoms with Crippen molar-refractivity contribution in [2.75, 3.05) is 13.2 Å². The Hall–Kier alpha value is -1.85. The molecular weight excluding hydrogens is 316 g/mol. The molecule has 2 fully saturated rings. The summed E-state index contributed by atoms with van der Waals surface area (Å²) >= 11 is 0. The third-order valence-corrected chi connectivity index (χ3v) is 5.37. The molecule has 2 heterocycles. The Kier molecular flexibility index (Phi) is 4.77. The molecule has 4 rings (SSSR count). The Morgan fingerprint density at radius 3 is 2.80 bits per heavy atom. The van der Waals surface area contributed by atoms with Crippen LogP contribution < -0.4 is 10.1 Å². The fourth-order valence-electron chi connectivity index (χ4n) is 4.11. The molecule has 1 aliphatic carbocycles. The molecule has 1 spiro atoms. The van der Waals surface area contributed by atoms with E-state index in [1.54, 1.807) is 6.26 Å². The highest BCUT2D eigenvalue weighted by Crippen LogP contribution is 2.41. The van der Waals surface area contributed by atoms with E-state index in [-0.39, 0.29) is 5.60 Å². The average Bonchev–Trinajstić information content (AvgIpc) is 3.37. The Labute approximate surface area is 148 Å². The number of nitrogens with zero attached hydrogens (tertiary/aromatic N) is 1. The monoisotopic (exact) mass is 342 g/mol. The summed E-state index contributed by atoms with van der Waals surface area (Å²) in [6, 6.07) is 8.28. The Morgan fingerprint density at radius 2 is 2.04 bits per heavy atom. The van der Waals surface area contributed by atoms with E-state index in [0.29, 0.717) is 18.5 Å². The van der Waals surface area contributed by atoms with Gasteiger partial charge in [0.05, 0.1) is 17.9 Å². The van der Waals surface area contributed by atoms with Crippen LogP contribution in [0.4, 0.5) is 0 Å². The number of aromatic nitrogens is 1. The van der Waals surface area contributed by atoms with Crippen LogP contribution >= 0.6 is 0 Å². The van der Waals surface area contributed by atoms with Gasteiger partial charge in [-0.05, 0) is 50.5 Å². The van der Waals surface area contributed by atoms with Gasteiger partial charge in [0.25, 0.3) is 0 Å².